The number of carboxylic acid groups (broad SMARTS) is 1. The number of rotatable bonds is 3. The largest absolute Gasteiger partial charge is 0.477 e. The molecule has 0 spiro atoms. The van der Waals surface area contributed by atoms with E-state index >= 15 is 4.39 Å². The van der Waals surface area contributed by atoms with Gasteiger partial charge in [0.2, 0.25) is 5.43 Å². The van der Waals surface area contributed by atoms with Gasteiger partial charge < -0.3 is 14.4 Å². The predicted molar refractivity (Wildman–Crippen MR) is 118 cm³/mol. The Hall–Kier alpha value is -2.78. The van der Waals surface area contributed by atoms with E-state index in [1.54, 1.807) is 29.2 Å². The number of pyridine rings is 1. The molecule has 0 saturated carbocycles. The molecule has 3 heterocycles. The van der Waals surface area contributed by atoms with E-state index in [2.05, 4.69) is 30.8 Å². The van der Waals surface area contributed by atoms with Crippen molar-refractivity contribution in [1.29, 1.82) is 0 Å². The molecule has 158 valence electrons. The first-order valence-electron chi connectivity index (χ1n) is 9.66. The van der Waals surface area contributed by atoms with Crippen LogP contribution in [-0.2, 0) is 0 Å². The summed E-state index contributed by atoms with van der Waals surface area (Å²) in [6, 6.07) is 1.60. The number of hydrogen-bond acceptors (Lipinski definition) is 6. The van der Waals surface area contributed by atoms with Gasteiger partial charge in [-0.1, -0.05) is 0 Å². The predicted octanol–water partition coefficient (Wildman–Crippen LogP) is 2.93. The minimum Gasteiger partial charge on any atom is -0.477 e. The zero-order chi connectivity index (χ0) is 21.7. The molecule has 4 rings (SSSR count). The monoisotopic (exact) mass is 430 g/mol. The zero-order valence-corrected chi connectivity index (χ0v) is 18.0. The Bertz CT molecular complexity index is 1240. The molecule has 7 nitrogen and oxygen atoms in total. The van der Waals surface area contributed by atoms with Crippen molar-refractivity contribution in [1.82, 2.24) is 9.30 Å². The fourth-order valence-corrected chi connectivity index (χ4v) is 5.17. The number of piperazine rings is 1. The summed E-state index contributed by atoms with van der Waals surface area (Å²) in [6.07, 6.45) is 3.26. The van der Waals surface area contributed by atoms with Gasteiger partial charge in [-0.3, -0.25) is 14.7 Å². The molecule has 30 heavy (non-hydrogen) atoms. The highest BCUT2D eigenvalue weighted by Crippen LogP contribution is 2.34. The van der Waals surface area contributed by atoms with Gasteiger partial charge >= 0.3 is 5.97 Å². The van der Waals surface area contributed by atoms with Crippen LogP contribution in [0.3, 0.4) is 0 Å². The summed E-state index contributed by atoms with van der Waals surface area (Å²) in [6.45, 7) is 5.44. The number of carbonyl (C=O) groups is 1. The van der Waals surface area contributed by atoms with Gasteiger partial charge in [0.05, 0.1) is 16.6 Å². The van der Waals surface area contributed by atoms with E-state index in [0.717, 1.165) is 0 Å². The topological polar surface area (TPSA) is 77.6 Å². The number of aromatic nitrogens is 1. The smallest absolute Gasteiger partial charge is 0.342 e. The van der Waals surface area contributed by atoms with E-state index in [4.69, 9.17) is 0 Å². The molecule has 1 fully saturated rings. The molecule has 0 bridgehead atoms. The molecule has 1 aliphatic heterocycles. The first-order chi connectivity index (χ1) is 14.3. The van der Waals surface area contributed by atoms with E-state index in [9.17, 15) is 14.7 Å². The molecule has 2 atom stereocenters. The maximum absolute atomic E-state index is 15.5. The highest BCUT2D eigenvalue weighted by Gasteiger charge is 2.31. The number of benzene rings is 1. The van der Waals surface area contributed by atoms with Gasteiger partial charge in [-0.2, -0.15) is 0 Å². The second-order valence-corrected chi connectivity index (χ2v) is 8.65. The van der Waals surface area contributed by atoms with Gasteiger partial charge in [0.25, 0.3) is 0 Å². The molecule has 1 aliphatic rings. The Labute approximate surface area is 176 Å². The van der Waals surface area contributed by atoms with Crippen LogP contribution in [0.4, 0.5) is 10.1 Å². The lowest BCUT2D eigenvalue weighted by molar-refractivity contribution is 0.0697. The van der Waals surface area contributed by atoms with Crippen LogP contribution in [0.25, 0.3) is 15.7 Å². The van der Waals surface area contributed by atoms with Gasteiger partial charge in [0.15, 0.2) is 0 Å². The first kappa shape index (κ1) is 20.5. The lowest BCUT2D eigenvalue weighted by Gasteiger charge is -2.44. The number of halogens is 1. The highest BCUT2D eigenvalue weighted by atomic mass is 32.1. The minimum atomic E-state index is -1.32. The fourth-order valence-electron chi connectivity index (χ4n) is 4.30. The number of aromatic carboxylic acids is 1. The van der Waals surface area contributed by atoms with Crippen LogP contribution in [0.5, 0.6) is 0 Å². The summed E-state index contributed by atoms with van der Waals surface area (Å²) in [5.74, 6) is -1.87. The van der Waals surface area contributed by atoms with Crippen LogP contribution in [0, 0.1) is 5.82 Å². The van der Waals surface area contributed by atoms with Crippen LogP contribution >= 0.6 is 11.3 Å². The number of nitrogens with zero attached hydrogens (tertiary/aromatic N) is 4. The average Bonchev–Trinajstić information content (AvgIpc) is 3.14. The van der Waals surface area contributed by atoms with Gasteiger partial charge in [-0.05, 0) is 27.0 Å². The number of aliphatic imine (C=N–C) groups is 1. The molecule has 9 heteroatoms. The molecule has 3 aromatic rings. The molecule has 2 unspecified atom stereocenters. The fraction of sp³-hybridized carbons (Fsp3) is 0.381. The molecule has 2 aromatic heterocycles. The lowest BCUT2D eigenvalue weighted by Crippen LogP contribution is -2.55. The Kier molecular flexibility index (Phi) is 5.11. The summed E-state index contributed by atoms with van der Waals surface area (Å²) in [4.78, 5) is 33.5. The number of hydrogen-bond donors (Lipinski definition) is 1. The Morgan fingerprint density at radius 1 is 1.33 bits per heavy atom. The number of thiazole rings is 1. The zero-order valence-electron chi connectivity index (χ0n) is 17.2. The highest BCUT2D eigenvalue weighted by molar-refractivity contribution is 7.16. The van der Waals surface area contributed by atoms with Crippen LogP contribution in [0.2, 0.25) is 0 Å². The molecule has 1 N–H and O–H groups in total. The third-order valence-corrected chi connectivity index (χ3v) is 6.83. The van der Waals surface area contributed by atoms with Crippen molar-refractivity contribution in [3.8, 4) is 0 Å². The van der Waals surface area contributed by atoms with Crippen LogP contribution < -0.4 is 10.3 Å². The minimum absolute atomic E-state index is 0.0367. The van der Waals surface area contributed by atoms with Crippen molar-refractivity contribution in [3.05, 3.63) is 44.8 Å². The molecular formula is C21H23FN4O3S. The van der Waals surface area contributed by atoms with Gasteiger partial charge in [0, 0.05) is 55.6 Å². The standard InChI is InChI=1S/C21H23FN4O3S/c1-11-9-25(10-12(2)24(11)4)18-14(8-23-3)17-13(7-15(18)22)19(27)16(21(28)29)20-26(17)5-6-30-20/h5-8,11-12H,9-10H2,1-4H3,(H,28,29). The van der Waals surface area contributed by atoms with Crippen LogP contribution in [0.1, 0.15) is 29.8 Å². The first-order valence-corrected chi connectivity index (χ1v) is 10.5. The summed E-state index contributed by atoms with van der Waals surface area (Å²) < 4.78 is 17.1. The average molecular weight is 431 g/mol. The summed E-state index contributed by atoms with van der Waals surface area (Å²) in [5.41, 5.74) is 0.325. The number of likely N-dealkylation sites (N-methyl/N-ethyl adjacent to an activating group) is 1. The Morgan fingerprint density at radius 2 is 2.00 bits per heavy atom. The molecular weight excluding hydrogens is 407 g/mol. The summed E-state index contributed by atoms with van der Waals surface area (Å²) in [7, 11) is 3.65. The van der Waals surface area contributed by atoms with Crippen molar-refractivity contribution in [2.45, 2.75) is 25.9 Å². The molecule has 1 aromatic carbocycles. The maximum Gasteiger partial charge on any atom is 0.342 e. The number of anilines is 1. The van der Waals surface area contributed by atoms with Gasteiger partial charge in [0.1, 0.15) is 16.2 Å². The molecule has 0 aliphatic carbocycles. The summed E-state index contributed by atoms with van der Waals surface area (Å²) in [5, 5.41) is 11.3. The molecule has 1 saturated heterocycles. The van der Waals surface area contributed by atoms with Crippen LogP contribution in [0.15, 0.2) is 27.4 Å². The SMILES string of the molecule is CN=Cc1c(N2CC(C)N(C)C(C)C2)c(F)cc2c(=O)c(C(=O)O)c3sccn3c12. The van der Waals surface area contributed by atoms with E-state index in [0.29, 0.717) is 34.7 Å². The lowest BCUT2D eigenvalue weighted by atomic mass is 10.0. The molecule has 0 amide bonds. The Balaban J connectivity index is 2.10. The maximum atomic E-state index is 15.5. The number of carboxylic acids is 1. The third-order valence-electron chi connectivity index (χ3n) is 5.95. The van der Waals surface area contributed by atoms with E-state index in [-0.39, 0.29) is 23.0 Å². The van der Waals surface area contributed by atoms with E-state index in [1.807, 2.05) is 4.90 Å². The Morgan fingerprint density at radius 3 is 2.60 bits per heavy atom. The van der Waals surface area contributed by atoms with Gasteiger partial charge in [-0.15, -0.1) is 11.3 Å². The second-order valence-electron chi connectivity index (χ2n) is 7.76. The van der Waals surface area contributed by atoms with Crippen molar-refractivity contribution in [2.75, 3.05) is 32.1 Å². The summed E-state index contributed by atoms with van der Waals surface area (Å²) >= 11 is 1.17. The quantitative estimate of drug-likeness (QED) is 0.647. The third kappa shape index (κ3) is 3.00. The van der Waals surface area contributed by atoms with Gasteiger partial charge in [-0.25, -0.2) is 9.18 Å². The van der Waals surface area contributed by atoms with Crippen LogP contribution in [-0.4, -0.2) is 65.9 Å². The van der Waals surface area contributed by atoms with E-state index in [1.165, 1.54) is 17.4 Å². The number of fused-ring (bicyclic) bond motifs is 3. The van der Waals surface area contributed by atoms with Crippen molar-refractivity contribution >= 4 is 44.9 Å². The molecule has 0 radical (unpaired) electrons. The normalized spacial score (nSPS) is 20.6. The van der Waals surface area contributed by atoms with Crippen molar-refractivity contribution in [3.63, 3.8) is 0 Å². The van der Waals surface area contributed by atoms with Crippen molar-refractivity contribution in [2.24, 2.45) is 4.99 Å². The second kappa shape index (κ2) is 7.48. The van der Waals surface area contributed by atoms with E-state index < -0.39 is 17.2 Å². The van der Waals surface area contributed by atoms with Crippen molar-refractivity contribution < 1.29 is 14.3 Å².